The zero-order valence-corrected chi connectivity index (χ0v) is 8.22. The van der Waals surface area contributed by atoms with Crippen LogP contribution >= 0.6 is 0 Å². The van der Waals surface area contributed by atoms with Gasteiger partial charge in [0.2, 0.25) is 0 Å². The molecule has 1 heterocycles. The second-order valence-electron chi connectivity index (χ2n) is 4.18. The minimum atomic E-state index is -0.0859. The molecule has 1 aromatic rings. The average Bonchev–Trinajstić information content (AvgIpc) is 2.87. The SMILES string of the molecule is OCCn1c(O)c2c(c1O)[C@H]1C=C[C@@H]2C1. The van der Waals surface area contributed by atoms with Crippen molar-refractivity contribution < 1.29 is 15.3 Å². The summed E-state index contributed by atoms with van der Waals surface area (Å²) < 4.78 is 1.39. The summed E-state index contributed by atoms with van der Waals surface area (Å²) in [5, 5.41) is 28.7. The number of allylic oxidation sites excluding steroid dienone is 2. The summed E-state index contributed by atoms with van der Waals surface area (Å²) >= 11 is 0. The van der Waals surface area contributed by atoms with Crippen molar-refractivity contribution >= 4 is 0 Å². The van der Waals surface area contributed by atoms with Gasteiger partial charge in [0.25, 0.3) is 0 Å². The van der Waals surface area contributed by atoms with E-state index >= 15 is 0 Å². The molecule has 0 aliphatic heterocycles. The summed E-state index contributed by atoms with van der Waals surface area (Å²) in [5.74, 6) is 0.730. The first-order chi connectivity index (χ1) is 7.24. The molecular formula is C11H13NO3. The van der Waals surface area contributed by atoms with Crippen molar-refractivity contribution in [1.29, 1.82) is 0 Å². The molecule has 0 fully saturated rings. The molecule has 0 spiro atoms. The van der Waals surface area contributed by atoms with Gasteiger partial charge in [-0.05, 0) is 6.42 Å². The molecule has 0 radical (unpaired) electrons. The van der Waals surface area contributed by atoms with Gasteiger partial charge in [-0.2, -0.15) is 0 Å². The van der Waals surface area contributed by atoms with E-state index in [2.05, 4.69) is 12.2 Å². The molecule has 4 nitrogen and oxygen atoms in total. The van der Waals surface area contributed by atoms with Crippen LogP contribution in [-0.2, 0) is 6.54 Å². The Labute approximate surface area is 87.1 Å². The van der Waals surface area contributed by atoms with Crippen LogP contribution in [0.4, 0.5) is 0 Å². The van der Waals surface area contributed by atoms with Gasteiger partial charge in [-0.1, -0.05) is 12.2 Å². The fourth-order valence-corrected chi connectivity index (χ4v) is 2.80. The Morgan fingerprint density at radius 2 is 1.67 bits per heavy atom. The Morgan fingerprint density at radius 1 is 1.13 bits per heavy atom. The van der Waals surface area contributed by atoms with Gasteiger partial charge in [-0.15, -0.1) is 0 Å². The van der Waals surface area contributed by atoms with E-state index in [0.29, 0.717) is 0 Å². The lowest BCUT2D eigenvalue weighted by Crippen LogP contribution is -2.02. The molecule has 0 saturated carbocycles. The van der Waals surface area contributed by atoms with Crippen LogP contribution in [0.15, 0.2) is 12.2 Å². The van der Waals surface area contributed by atoms with Crippen LogP contribution in [0, 0.1) is 0 Å². The predicted molar refractivity (Wildman–Crippen MR) is 54.1 cm³/mol. The average molecular weight is 207 g/mol. The maximum Gasteiger partial charge on any atom is 0.198 e. The van der Waals surface area contributed by atoms with Crippen LogP contribution in [0.25, 0.3) is 0 Å². The molecule has 3 rings (SSSR count). The van der Waals surface area contributed by atoms with Crippen molar-refractivity contribution in [2.45, 2.75) is 24.8 Å². The molecule has 80 valence electrons. The topological polar surface area (TPSA) is 65.6 Å². The number of hydrogen-bond donors (Lipinski definition) is 3. The summed E-state index contributed by atoms with van der Waals surface area (Å²) in [6.07, 6.45) is 5.12. The Morgan fingerprint density at radius 3 is 2.13 bits per heavy atom. The summed E-state index contributed by atoms with van der Waals surface area (Å²) in [6, 6.07) is 0. The van der Waals surface area contributed by atoms with E-state index in [0.717, 1.165) is 17.5 Å². The van der Waals surface area contributed by atoms with E-state index in [1.807, 2.05) is 0 Å². The number of aliphatic hydroxyl groups excluding tert-OH is 1. The molecule has 2 aliphatic rings. The second kappa shape index (κ2) is 2.79. The number of aromatic hydroxyl groups is 2. The van der Waals surface area contributed by atoms with Crippen LogP contribution < -0.4 is 0 Å². The highest BCUT2D eigenvalue weighted by Crippen LogP contribution is 2.56. The lowest BCUT2D eigenvalue weighted by atomic mass is 10.0. The van der Waals surface area contributed by atoms with Crippen LogP contribution in [0.2, 0.25) is 0 Å². The molecule has 0 saturated heterocycles. The van der Waals surface area contributed by atoms with Gasteiger partial charge in [0.1, 0.15) is 0 Å². The lowest BCUT2D eigenvalue weighted by Gasteiger charge is -2.07. The number of aliphatic hydroxyl groups is 1. The molecular weight excluding hydrogens is 194 g/mol. The van der Waals surface area contributed by atoms with Crippen LogP contribution in [0.5, 0.6) is 11.8 Å². The second-order valence-corrected chi connectivity index (χ2v) is 4.18. The Bertz CT molecular complexity index is 412. The van der Waals surface area contributed by atoms with E-state index in [1.54, 1.807) is 0 Å². The van der Waals surface area contributed by atoms with E-state index in [1.165, 1.54) is 4.57 Å². The Balaban J connectivity index is 2.17. The smallest absolute Gasteiger partial charge is 0.198 e. The number of rotatable bonds is 2. The monoisotopic (exact) mass is 207 g/mol. The third-order valence-corrected chi connectivity index (χ3v) is 3.43. The van der Waals surface area contributed by atoms with Gasteiger partial charge in [0.15, 0.2) is 11.8 Å². The molecule has 3 N–H and O–H groups in total. The lowest BCUT2D eigenvalue weighted by molar-refractivity contribution is 0.255. The van der Waals surface area contributed by atoms with Gasteiger partial charge in [0, 0.05) is 23.0 Å². The van der Waals surface area contributed by atoms with Gasteiger partial charge in [0.05, 0.1) is 13.2 Å². The highest BCUT2D eigenvalue weighted by Gasteiger charge is 2.40. The van der Waals surface area contributed by atoms with Crippen molar-refractivity contribution in [3.63, 3.8) is 0 Å². The zero-order chi connectivity index (χ0) is 10.6. The first-order valence-electron chi connectivity index (χ1n) is 5.17. The molecule has 2 bridgehead atoms. The molecule has 0 aromatic carbocycles. The number of aromatic nitrogens is 1. The van der Waals surface area contributed by atoms with Gasteiger partial charge in [-0.25, -0.2) is 0 Å². The summed E-state index contributed by atoms with van der Waals surface area (Å²) in [5.41, 5.74) is 1.71. The fraction of sp³-hybridized carbons (Fsp3) is 0.455. The van der Waals surface area contributed by atoms with Gasteiger partial charge in [-0.3, -0.25) is 4.57 Å². The van der Waals surface area contributed by atoms with Crippen molar-refractivity contribution in [2.75, 3.05) is 6.61 Å². The maximum absolute atomic E-state index is 9.94. The zero-order valence-electron chi connectivity index (χ0n) is 8.22. The Kier molecular flexibility index (Phi) is 1.65. The van der Waals surface area contributed by atoms with E-state index < -0.39 is 0 Å². The Hall–Kier alpha value is -1.42. The molecule has 0 unspecified atom stereocenters. The molecule has 4 heteroatoms. The van der Waals surface area contributed by atoms with Crippen LogP contribution in [-0.4, -0.2) is 26.5 Å². The van der Waals surface area contributed by atoms with E-state index in [4.69, 9.17) is 5.11 Å². The molecule has 15 heavy (non-hydrogen) atoms. The van der Waals surface area contributed by atoms with Crippen molar-refractivity contribution in [2.24, 2.45) is 0 Å². The minimum Gasteiger partial charge on any atom is -0.494 e. The summed E-state index contributed by atoms with van der Waals surface area (Å²) in [7, 11) is 0. The maximum atomic E-state index is 9.94. The number of nitrogens with zero attached hydrogens (tertiary/aromatic N) is 1. The number of hydrogen-bond acceptors (Lipinski definition) is 3. The molecule has 1 aromatic heterocycles. The fourth-order valence-electron chi connectivity index (χ4n) is 2.80. The van der Waals surface area contributed by atoms with Crippen LogP contribution in [0.3, 0.4) is 0 Å². The van der Waals surface area contributed by atoms with Crippen molar-refractivity contribution in [3.8, 4) is 11.8 Å². The quantitative estimate of drug-likeness (QED) is 0.635. The molecule has 2 atom stereocenters. The van der Waals surface area contributed by atoms with E-state index in [-0.39, 0.29) is 36.7 Å². The normalized spacial score (nSPS) is 26.2. The highest BCUT2D eigenvalue weighted by molar-refractivity contribution is 5.58. The molecule has 0 amide bonds. The molecule has 2 aliphatic carbocycles. The third-order valence-electron chi connectivity index (χ3n) is 3.43. The first kappa shape index (κ1) is 8.85. The standard InChI is InChI=1S/C11H13NO3/c13-4-3-12-10(14)8-6-1-2-7(5-6)9(8)11(12)15/h1-2,6-7,13-15H,3-5H2/t6-,7+. The predicted octanol–water partition coefficient (Wildman–Crippen LogP) is 1.03. The minimum absolute atomic E-state index is 0.0859. The highest BCUT2D eigenvalue weighted by atomic mass is 16.3. The van der Waals surface area contributed by atoms with Crippen molar-refractivity contribution in [3.05, 3.63) is 23.3 Å². The largest absolute Gasteiger partial charge is 0.494 e. The van der Waals surface area contributed by atoms with Crippen molar-refractivity contribution in [1.82, 2.24) is 4.57 Å². The van der Waals surface area contributed by atoms with E-state index in [9.17, 15) is 10.2 Å². The van der Waals surface area contributed by atoms with Gasteiger partial charge < -0.3 is 15.3 Å². The third kappa shape index (κ3) is 0.946. The first-order valence-corrected chi connectivity index (χ1v) is 5.17. The number of fused-ring (bicyclic) bond motifs is 5. The van der Waals surface area contributed by atoms with Crippen LogP contribution in [0.1, 0.15) is 29.4 Å². The van der Waals surface area contributed by atoms with Gasteiger partial charge >= 0.3 is 0 Å². The summed E-state index contributed by atoms with van der Waals surface area (Å²) in [4.78, 5) is 0. The summed E-state index contributed by atoms with van der Waals surface area (Å²) in [6.45, 7) is 0.154.